The topological polar surface area (TPSA) is 72.7 Å². The Hall–Kier alpha value is -3.61. The number of fused-ring (bicyclic) bond motifs is 1. The van der Waals surface area contributed by atoms with Crippen molar-refractivity contribution in [1.82, 2.24) is 25.3 Å². The normalized spacial score (nSPS) is 12.0. The number of aromatic nitrogens is 4. The van der Waals surface area contributed by atoms with Crippen molar-refractivity contribution < 1.29 is 9.18 Å². The molecule has 0 radical (unpaired) electrons. The quantitative estimate of drug-likeness (QED) is 0.593. The summed E-state index contributed by atoms with van der Waals surface area (Å²) in [7, 11) is 0. The van der Waals surface area contributed by atoms with Gasteiger partial charge < -0.3 is 5.32 Å². The summed E-state index contributed by atoms with van der Waals surface area (Å²) in [6.45, 7) is -0.0164. The van der Waals surface area contributed by atoms with Crippen molar-refractivity contribution in [2.24, 2.45) is 0 Å². The second-order valence-electron chi connectivity index (χ2n) is 6.05. The number of rotatable bonds is 5. The van der Waals surface area contributed by atoms with Crippen LogP contribution in [0.25, 0.3) is 11.0 Å². The highest BCUT2D eigenvalue weighted by atomic mass is 19.1. The molecule has 1 atom stereocenters. The maximum absolute atomic E-state index is 13.3. The number of carbonyl (C=O) groups is 1. The number of nitrogens with one attached hydrogen (secondary N) is 1. The molecule has 134 valence electrons. The van der Waals surface area contributed by atoms with E-state index in [0.717, 1.165) is 22.2 Å². The van der Waals surface area contributed by atoms with Gasteiger partial charge in [0.05, 0.1) is 6.04 Å². The predicted octanol–water partition coefficient (Wildman–Crippen LogP) is 2.87. The zero-order chi connectivity index (χ0) is 18.6. The van der Waals surface area contributed by atoms with Gasteiger partial charge >= 0.3 is 0 Å². The molecule has 0 fully saturated rings. The maximum Gasteiger partial charge on any atom is 0.244 e. The molecule has 7 heteroatoms. The van der Waals surface area contributed by atoms with Crippen molar-refractivity contribution in [2.45, 2.75) is 12.6 Å². The highest BCUT2D eigenvalue weighted by molar-refractivity contribution is 5.77. The van der Waals surface area contributed by atoms with E-state index in [1.165, 1.54) is 16.9 Å². The van der Waals surface area contributed by atoms with Crippen molar-refractivity contribution in [3.8, 4) is 0 Å². The number of pyridine rings is 1. The Kier molecular flexibility index (Phi) is 4.57. The van der Waals surface area contributed by atoms with E-state index >= 15 is 0 Å². The molecule has 6 nitrogen and oxygen atoms in total. The van der Waals surface area contributed by atoms with E-state index in [0.29, 0.717) is 0 Å². The third-order valence-corrected chi connectivity index (χ3v) is 4.16. The van der Waals surface area contributed by atoms with E-state index in [-0.39, 0.29) is 18.3 Å². The van der Waals surface area contributed by atoms with Crippen LogP contribution in [0.2, 0.25) is 0 Å². The van der Waals surface area contributed by atoms with E-state index < -0.39 is 6.04 Å². The van der Waals surface area contributed by atoms with Crippen LogP contribution in [-0.2, 0) is 11.3 Å². The highest BCUT2D eigenvalue weighted by Crippen LogP contribution is 2.22. The van der Waals surface area contributed by atoms with Crippen LogP contribution < -0.4 is 5.32 Å². The molecule has 1 N–H and O–H groups in total. The summed E-state index contributed by atoms with van der Waals surface area (Å²) in [4.78, 5) is 18.0. The van der Waals surface area contributed by atoms with Crippen LogP contribution in [0.5, 0.6) is 0 Å². The first-order valence-electron chi connectivity index (χ1n) is 8.44. The van der Waals surface area contributed by atoms with Crippen LogP contribution in [0.1, 0.15) is 17.2 Å². The van der Waals surface area contributed by atoms with E-state index in [4.69, 9.17) is 0 Å². The predicted molar refractivity (Wildman–Crippen MR) is 98.2 cm³/mol. The average Bonchev–Trinajstić information content (AvgIpc) is 3.10. The van der Waals surface area contributed by atoms with Gasteiger partial charge in [0.1, 0.15) is 23.4 Å². The number of halogens is 1. The monoisotopic (exact) mass is 361 g/mol. The third-order valence-electron chi connectivity index (χ3n) is 4.16. The van der Waals surface area contributed by atoms with E-state index in [2.05, 4.69) is 20.5 Å². The summed E-state index contributed by atoms with van der Waals surface area (Å²) < 4.78 is 13.3. The van der Waals surface area contributed by atoms with Crippen LogP contribution in [0.4, 0.5) is 4.39 Å². The van der Waals surface area contributed by atoms with Crippen molar-refractivity contribution in [1.29, 1.82) is 0 Å². The minimum atomic E-state index is -0.425. The molecule has 27 heavy (non-hydrogen) atoms. The van der Waals surface area contributed by atoms with Crippen molar-refractivity contribution in [2.75, 3.05) is 0 Å². The number of hydrogen-bond acceptors (Lipinski definition) is 4. The average molecular weight is 361 g/mol. The molecule has 2 aromatic carbocycles. The second-order valence-corrected chi connectivity index (χ2v) is 6.05. The fraction of sp³-hybridized carbons (Fsp3) is 0.100. The van der Waals surface area contributed by atoms with Gasteiger partial charge in [-0.2, -0.15) is 15.0 Å². The van der Waals surface area contributed by atoms with Crippen molar-refractivity contribution in [3.05, 3.63) is 90.0 Å². The molecule has 0 saturated heterocycles. The molecule has 4 aromatic rings. The fourth-order valence-electron chi connectivity index (χ4n) is 2.88. The Labute approximate surface area is 154 Å². The second kappa shape index (κ2) is 7.33. The summed E-state index contributed by atoms with van der Waals surface area (Å²) in [6, 6.07) is 16.7. The van der Waals surface area contributed by atoms with Gasteiger partial charge in [0.15, 0.2) is 0 Å². The Morgan fingerprint density at radius 3 is 2.15 bits per heavy atom. The molecule has 1 unspecified atom stereocenters. The SMILES string of the molecule is O=C(Cn1nc2ccccc2n1)NC(c1ccncc1)c1ccc(F)cc1. The summed E-state index contributed by atoms with van der Waals surface area (Å²) in [5, 5.41) is 11.6. The Morgan fingerprint density at radius 2 is 1.52 bits per heavy atom. The van der Waals surface area contributed by atoms with Gasteiger partial charge in [-0.05, 0) is 47.5 Å². The van der Waals surface area contributed by atoms with Crippen molar-refractivity contribution in [3.63, 3.8) is 0 Å². The van der Waals surface area contributed by atoms with Crippen LogP contribution >= 0.6 is 0 Å². The first-order valence-corrected chi connectivity index (χ1v) is 8.44. The maximum atomic E-state index is 13.3. The van der Waals surface area contributed by atoms with Gasteiger partial charge in [-0.3, -0.25) is 9.78 Å². The summed E-state index contributed by atoms with van der Waals surface area (Å²) >= 11 is 0. The molecular weight excluding hydrogens is 345 g/mol. The molecule has 2 aromatic heterocycles. The third kappa shape index (κ3) is 3.82. The smallest absolute Gasteiger partial charge is 0.244 e. The van der Waals surface area contributed by atoms with Crippen molar-refractivity contribution >= 4 is 16.9 Å². The molecular formula is C20H16FN5O. The zero-order valence-corrected chi connectivity index (χ0v) is 14.3. The number of hydrogen-bond donors (Lipinski definition) is 1. The lowest BCUT2D eigenvalue weighted by Gasteiger charge is -2.19. The summed E-state index contributed by atoms with van der Waals surface area (Å²) in [6.07, 6.45) is 3.31. The molecule has 2 heterocycles. The standard InChI is InChI=1S/C20H16FN5O/c21-16-7-5-14(6-8-16)20(15-9-11-22-12-10-15)23-19(27)13-26-24-17-3-1-2-4-18(17)25-26/h1-12,20H,13H2,(H,23,27). The lowest BCUT2D eigenvalue weighted by atomic mass is 9.99. The molecule has 0 aliphatic heterocycles. The van der Waals surface area contributed by atoms with Gasteiger partial charge in [0.2, 0.25) is 5.91 Å². The zero-order valence-electron chi connectivity index (χ0n) is 14.3. The number of carbonyl (C=O) groups excluding carboxylic acids is 1. The van der Waals surface area contributed by atoms with Gasteiger partial charge in [-0.15, -0.1) is 0 Å². The molecule has 1 amide bonds. The van der Waals surface area contributed by atoms with Crippen LogP contribution in [-0.4, -0.2) is 25.9 Å². The first-order chi connectivity index (χ1) is 13.2. The van der Waals surface area contributed by atoms with Crippen LogP contribution in [0, 0.1) is 5.82 Å². The Morgan fingerprint density at radius 1 is 0.926 bits per heavy atom. The van der Waals surface area contributed by atoms with Gasteiger partial charge in [0.25, 0.3) is 0 Å². The minimum Gasteiger partial charge on any atom is -0.344 e. The number of benzene rings is 2. The van der Waals surface area contributed by atoms with Crippen LogP contribution in [0.15, 0.2) is 73.1 Å². The minimum absolute atomic E-state index is 0.0164. The lowest BCUT2D eigenvalue weighted by Crippen LogP contribution is -2.32. The van der Waals surface area contributed by atoms with Gasteiger partial charge in [-0.25, -0.2) is 4.39 Å². The number of nitrogens with zero attached hydrogens (tertiary/aromatic N) is 4. The molecule has 0 spiro atoms. The fourth-order valence-corrected chi connectivity index (χ4v) is 2.88. The molecule has 0 bridgehead atoms. The molecule has 0 saturated carbocycles. The molecule has 0 aliphatic rings. The van der Waals surface area contributed by atoms with E-state index in [1.54, 1.807) is 24.5 Å². The largest absolute Gasteiger partial charge is 0.344 e. The Bertz CT molecular complexity index is 1030. The van der Waals surface area contributed by atoms with Crippen LogP contribution in [0.3, 0.4) is 0 Å². The number of amides is 1. The molecule has 0 aliphatic carbocycles. The molecule has 4 rings (SSSR count). The Balaban J connectivity index is 1.57. The van der Waals surface area contributed by atoms with E-state index in [1.807, 2.05) is 36.4 Å². The van der Waals surface area contributed by atoms with Gasteiger partial charge in [0, 0.05) is 12.4 Å². The van der Waals surface area contributed by atoms with Gasteiger partial charge in [-0.1, -0.05) is 24.3 Å². The highest BCUT2D eigenvalue weighted by Gasteiger charge is 2.18. The summed E-state index contributed by atoms with van der Waals surface area (Å²) in [5.74, 6) is -0.576. The lowest BCUT2D eigenvalue weighted by molar-refractivity contribution is -0.122. The first kappa shape index (κ1) is 16.8. The van der Waals surface area contributed by atoms with E-state index in [9.17, 15) is 9.18 Å². The summed E-state index contributed by atoms with van der Waals surface area (Å²) in [5.41, 5.74) is 3.09.